The van der Waals surface area contributed by atoms with Gasteiger partial charge < -0.3 is 19.6 Å². The number of ether oxygens (including phenoxy) is 1. The molecule has 0 aromatic carbocycles. The van der Waals surface area contributed by atoms with Crippen molar-refractivity contribution in [3.8, 4) is 0 Å². The molecule has 2 N–H and O–H groups in total. The number of rotatable bonds is 4. The van der Waals surface area contributed by atoms with Crippen LogP contribution < -0.4 is 5.32 Å². The zero-order valence-corrected chi connectivity index (χ0v) is 10.7. The number of carbonyl (C=O) groups excluding carboxylic acids is 1. The minimum atomic E-state index is -1.12. The lowest BCUT2D eigenvalue weighted by atomic mass is 9.89. The monoisotopic (exact) mass is 267 g/mol. The molecule has 0 saturated carbocycles. The van der Waals surface area contributed by atoms with Crippen molar-refractivity contribution >= 4 is 11.9 Å². The normalized spacial score (nSPS) is 23.0. The van der Waals surface area contributed by atoms with Crippen molar-refractivity contribution in [2.24, 2.45) is 11.8 Å². The number of hydrogen-bond donors (Lipinski definition) is 2. The molecule has 2 rings (SSSR count). The van der Waals surface area contributed by atoms with Gasteiger partial charge in [0.2, 0.25) is 11.7 Å². The van der Waals surface area contributed by atoms with Gasteiger partial charge in [-0.2, -0.15) is 0 Å². The number of carboxylic acids is 1. The molecule has 19 heavy (non-hydrogen) atoms. The molecule has 2 unspecified atom stereocenters. The van der Waals surface area contributed by atoms with E-state index in [-0.39, 0.29) is 30.0 Å². The van der Waals surface area contributed by atoms with E-state index in [1.165, 1.54) is 6.07 Å². The Morgan fingerprint density at radius 2 is 2.26 bits per heavy atom. The molecular weight excluding hydrogens is 250 g/mol. The minimum Gasteiger partial charge on any atom is -0.475 e. The highest BCUT2D eigenvalue weighted by molar-refractivity contribution is 5.84. The summed E-state index contributed by atoms with van der Waals surface area (Å²) in [6.07, 6.45) is 0.714. The Hall–Kier alpha value is -1.82. The lowest BCUT2D eigenvalue weighted by Crippen LogP contribution is -2.38. The van der Waals surface area contributed by atoms with Crippen molar-refractivity contribution in [1.29, 1.82) is 0 Å². The number of carboxylic acid groups (broad SMARTS) is 1. The fraction of sp³-hybridized carbons (Fsp3) is 0.538. The second kappa shape index (κ2) is 5.88. The Labute approximate surface area is 110 Å². The standard InChI is InChI=1S/C13H17NO5/c1-8-7-18-5-4-10(8)12(15)14-6-9-2-3-11(19-9)13(16)17/h2-3,8,10H,4-7H2,1H3,(H,14,15)(H,16,17). The van der Waals surface area contributed by atoms with E-state index in [0.29, 0.717) is 25.4 Å². The van der Waals surface area contributed by atoms with Crippen LogP contribution in [-0.2, 0) is 16.1 Å². The van der Waals surface area contributed by atoms with Crippen LogP contribution in [0.25, 0.3) is 0 Å². The maximum atomic E-state index is 12.0. The zero-order chi connectivity index (χ0) is 13.8. The van der Waals surface area contributed by atoms with Gasteiger partial charge >= 0.3 is 5.97 Å². The van der Waals surface area contributed by atoms with Crippen LogP contribution in [0.15, 0.2) is 16.5 Å². The third-order valence-electron chi connectivity index (χ3n) is 3.29. The highest BCUT2D eigenvalue weighted by Gasteiger charge is 2.28. The van der Waals surface area contributed by atoms with E-state index in [1.54, 1.807) is 6.07 Å². The Balaban J connectivity index is 1.87. The van der Waals surface area contributed by atoms with Crippen LogP contribution >= 0.6 is 0 Å². The SMILES string of the molecule is CC1COCCC1C(=O)NCc1ccc(C(=O)O)o1. The second-order valence-corrected chi connectivity index (χ2v) is 4.74. The topological polar surface area (TPSA) is 88.8 Å². The van der Waals surface area contributed by atoms with E-state index in [9.17, 15) is 9.59 Å². The van der Waals surface area contributed by atoms with Crippen molar-refractivity contribution in [2.75, 3.05) is 13.2 Å². The molecule has 2 atom stereocenters. The summed E-state index contributed by atoms with van der Waals surface area (Å²) in [6, 6.07) is 2.93. The molecule has 1 fully saturated rings. The molecule has 6 nitrogen and oxygen atoms in total. The van der Waals surface area contributed by atoms with Gasteiger partial charge in [0.15, 0.2) is 0 Å². The predicted octanol–water partition coefficient (Wildman–Crippen LogP) is 1.27. The Morgan fingerprint density at radius 1 is 1.47 bits per heavy atom. The van der Waals surface area contributed by atoms with Crippen LogP contribution in [0.3, 0.4) is 0 Å². The molecule has 1 aromatic rings. The lowest BCUT2D eigenvalue weighted by Gasteiger charge is -2.27. The molecule has 1 saturated heterocycles. The smallest absolute Gasteiger partial charge is 0.371 e. The van der Waals surface area contributed by atoms with Crippen molar-refractivity contribution in [2.45, 2.75) is 19.9 Å². The zero-order valence-electron chi connectivity index (χ0n) is 10.7. The van der Waals surface area contributed by atoms with E-state index in [0.717, 1.165) is 0 Å². The van der Waals surface area contributed by atoms with E-state index in [2.05, 4.69) is 5.32 Å². The highest BCUT2D eigenvalue weighted by atomic mass is 16.5. The fourth-order valence-corrected chi connectivity index (χ4v) is 2.16. The van der Waals surface area contributed by atoms with Gasteiger partial charge in [0.25, 0.3) is 0 Å². The quantitative estimate of drug-likeness (QED) is 0.857. The molecule has 0 radical (unpaired) electrons. The first-order valence-corrected chi connectivity index (χ1v) is 6.25. The molecule has 0 aliphatic carbocycles. The highest BCUT2D eigenvalue weighted by Crippen LogP contribution is 2.21. The first kappa shape index (κ1) is 13.6. The number of hydrogen-bond acceptors (Lipinski definition) is 4. The first-order chi connectivity index (χ1) is 9.08. The molecule has 1 amide bonds. The van der Waals surface area contributed by atoms with Gasteiger partial charge in [-0.05, 0) is 24.5 Å². The van der Waals surface area contributed by atoms with Gasteiger partial charge in [0.1, 0.15) is 5.76 Å². The molecule has 0 bridgehead atoms. The van der Waals surface area contributed by atoms with Crippen LogP contribution in [0.5, 0.6) is 0 Å². The summed E-state index contributed by atoms with van der Waals surface area (Å²) in [6.45, 7) is 3.39. The maximum Gasteiger partial charge on any atom is 0.371 e. The van der Waals surface area contributed by atoms with Crippen LogP contribution in [0.1, 0.15) is 29.7 Å². The van der Waals surface area contributed by atoms with E-state index < -0.39 is 5.97 Å². The number of nitrogens with one attached hydrogen (secondary N) is 1. The Kier molecular flexibility index (Phi) is 4.21. The third kappa shape index (κ3) is 3.35. The Morgan fingerprint density at radius 3 is 2.89 bits per heavy atom. The summed E-state index contributed by atoms with van der Waals surface area (Å²) in [7, 11) is 0. The van der Waals surface area contributed by atoms with Crippen molar-refractivity contribution in [1.82, 2.24) is 5.32 Å². The summed E-state index contributed by atoms with van der Waals surface area (Å²) >= 11 is 0. The summed E-state index contributed by atoms with van der Waals surface area (Å²) in [4.78, 5) is 22.6. The predicted molar refractivity (Wildman–Crippen MR) is 65.6 cm³/mol. The number of amides is 1. The van der Waals surface area contributed by atoms with Gasteiger partial charge in [-0.1, -0.05) is 6.92 Å². The molecule has 1 aliphatic heterocycles. The molecule has 6 heteroatoms. The van der Waals surface area contributed by atoms with Gasteiger partial charge in [-0.15, -0.1) is 0 Å². The average Bonchev–Trinajstić information content (AvgIpc) is 2.85. The van der Waals surface area contributed by atoms with Gasteiger partial charge in [0, 0.05) is 19.1 Å². The largest absolute Gasteiger partial charge is 0.475 e. The summed E-state index contributed by atoms with van der Waals surface area (Å²) in [5.41, 5.74) is 0. The summed E-state index contributed by atoms with van der Waals surface area (Å²) < 4.78 is 10.4. The fourth-order valence-electron chi connectivity index (χ4n) is 2.16. The van der Waals surface area contributed by atoms with E-state index in [4.69, 9.17) is 14.3 Å². The lowest BCUT2D eigenvalue weighted by molar-refractivity contribution is -0.130. The first-order valence-electron chi connectivity index (χ1n) is 6.25. The van der Waals surface area contributed by atoms with E-state index >= 15 is 0 Å². The maximum absolute atomic E-state index is 12.0. The molecule has 2 heterocycles. The molecule has 104 valence electrons. The van der Waals surface area contributed by atoms with Crippen LogP contribution in [-0.4, -0.2) is 30.2 Å². The minimum absolute atomic E-state index is 0.0379. The summed E-state index contributed by atoms with van der Waals surface area (Å²) in [5, 5.41) is 11.5. The Bertz CT molecular complexity index is 467. The molecular formula is C13H17NO5. The average molecular weight is 267 g/mol. The van der Waals surface area contributed by atoms with Crippen molar-refractivity contribution in [3.05, 3.63) is 23.7 Å². The van der Waals surface area contributed by atoms with Gasteiger partial charge in [0.05, 0.1) is 6.54 Å². The van der Waals surface area contributed by atoms with Crippen LogP contribution in [0.2, 0.25) is 0 Å². The molecule has 1 aliphatic rings. The van der Waals surface area contributed by atoms with Crippen molar-refractivity contribution < 1.29 is 23.8 Å². The summed E-state index contributed by atoms with van der Waals surface area (Å²) in [5.74, 6) is -0.698. The van der Waals surface area contributed by atoms with Crippen LogP contribution in [0.4, 0.5) is 0 Å². The number of furan rings is 1. The molecule has 1 aromatic heterocycles. The van der Waals surface area contributed by atoms with Crippen molar-refractivity contribution in [3.63, 3.8) is 0 Å². The van der Waals surface area contributed by atoms with Gasteiger partial charge in [-0.25, -0.2) is 4.79 Å². The number of carbonyl (C=O) groups is 2. The number of aromatic carboxylic acids is 1. The third-order valence-corrected chi connectivity index (χ3v) is 3.29. The van der Waals surface area contributed by atoms with E-state index in [1.807, 2.05) is 6.92 Å². The van der Waals surface area contributed by atoms with Crippen LogP contribution in [0, 0.1) is 11.8 Å². The van der Waals surface area contributed by atoms with Gasteiger partial charge in [-0.3, -0.25) is 4.79 Å². The molecule has 0 spiro atoms. The second-order valence-electron chi connectivity index (χ2n) is 4.74.